The molecule has 150 valence electrons. The van der Waals surface area contributed by atoms with E-state index in [0.717, 1.165) is 30.4 Å². The lowest BCUT2D eigenvalue weighted by molar-refractivity contribution is 0.680. The van der Waals surface area contributed by atoms with E-state index in [-0.39, 0.29) is 30.0 Å². The van der Waals surface area contributed by atoms with Gasteiger partial charge in [-0.1, -0.05) is 42.5 Å². The average molecular weight is 500 g/mol. The monoisotopic (exact) mass is 500 g/mol. The zero-order valence-electron chi connectivity index (χ0n) is 16.5. The molecule has 1 atom stereocenters. The lowest BCUT2D eigenvalue weighted by Crippen LogP contribution is -2.39. The van der Waals surface area contributed by atoms with Gasteiger partial charge in [0.05, 0.1) is 6.04 Å². The SMILES string of the molecule is CN=C(NCCc1nnc2ccccn12)NC(C)c1ccc2ccccc2c1.I. The van der Waals surface area contributed by atoms with Crippen molar-refractivity contribution in [2.75, 3.05) is 13.6 Å². The highest BCUT2D eigenvalue weighted by atomic mass is 127. The van der Waals surface area contributed by atoms with Gasteiger partial charge in [0.2, 0.25) is 0 Å². The number of benzene rings is 2. The highest BCUT2D eigenvalue weighted by molar-refractivity contribution is 14.0. The Hall–Kier alpha value is -2.68. The van der Waals surface area contributed by atoms with Crippen molar-refractivity contribution in [3.05, 3.63) is 78.2 Å². The molecule has 0 bridgehead atoms. The minimum atomic E-state index is 0. The number of fused-ring (bicyclic) bond motifs is 2. The fraction of sp³-hybridized carbons (Fsp3) is 0.227. The molecule has 0 spiro atoms. The molecule has 4 aromatic rings. The fourth-order valence-electron chi connectivity index (χ4n) is 3.31. The van der Waals surface area contributed by atoms with Gasteiger partial charge in [-0.3, -0.25) is 9.39 Å². The minimum Gasteiger partial charge on any atom is -0.356 e. The number of guanidine groups is 1. The molecule has 2 heterocycles. The van der Waals surface area contributed by atoms with Crippen LogP contribution >= 0.6 is 24.0 Å². The summed E-state index contributed by atoms with van der Waals surface area (Å²) in [6.45, 7) is 2.86. The smallest absolute Gasteiger partial charge is 0.191 e. The Labute approximate surface area is 187 Å². The Morgan fingerprint density at radius 1 is 1.03 bits per heavy atom. The molecule has 2 aromatic carbocycles. The molecule has 0 aliphatic heterocycles. The summed E-state index contributed by atoms with van der Waals surface area (Å²) in [5, 5.41) is 17.8. The molecule has 0 amide bonds. The van der Waals surface area contributed by atoms with E-state index in [4.69, 9.17) is 0 Å². The Kier molecular flexibility index (Phi) is 7.03. The summed E-state index contributed by atoms with van der Waals surface area (Å²) in [6, 6.07) is 21.0. The van der Waals surface area contributed by atoms with Crippen LogP contribution in [0.15, 0.2) is 71.9 Å². The predicted octanol–water partition coefficient (Wildman–Crippen LogP) is 3.97. The summed E-state index contributed by atoms with van der Waals surface area (Å²) in [7, 11) is 1.79. The van der Waals surface area contributed by atoms with Crippen LogP contribution in [0, 0.1) is 0 Å². The van der Waals surface area contributed by atoms with Crippen LogP contribution in [0.5, 0.6) is 0 Å². The molecule has 7 heteroatoms. The number of nitrogens with zero attached hydrogens (tertiary/aromatic N) is 4. The van der Waals surface area contributed by atoms with Gasteiger partial charge in [0.15, 0.2) is 11.6 Å². The van der Waals surface area contributed by atoms with Crippen LogP contribution in [-0.2, 0) is 6.42 Å². The van der Waals surface area contributed by atoms with Crippen molar-refractivity contribution in [2.24, 2.45) is 4.99 Å². The fourth-order valence-corrected chi connectivity index (χ4v) is 3.31. The van der Waals surface area contributed by atoms with Gasteiger partial charge in [0.25, 0.3) is 0 Å². The normalized spacial score (nSPS) is 12.6. The summed E-state index contributed by atoms with van der Waals surface area (Å²) in [6.07, 6.45) is 2.75. The Balaban J connectivity index is 0.00000240. The van der Waals surface area contributed by atoms with Crippen molar-refractivity contribution in [1.29, 1.82) is 0 Å². The van der Waals surface area contributed by atoms with Crippen molar-refractivity contribution in [3.8, 4) is 0 Å². The summed E-state index contributed by atoms with van der Waals surface area (Å²) >= 11 is 0. The first-order valence-electron chi connectivity index (χ1n) is 9.49. The van der Waals surface area contributed by atoms with Crippen LogP contribution in [-0.4, -0.2) is 34.2 Å². The van der Waals surface area contributed by atoms with E-state index in [1.54, 1.807) is 7.05 Å². The van der Waals surface area contributed by atoms with E-state index in [1.807, 2.05) is 28.8 Å². The second kappa shape index (κ2) is 9.69. The third-order valence-corrected chi connectivity index (χ3v) is 4.88. The molecule has 0 radical (unpaired) electrons. The van der Waals surface area contributed by atoms with Crippen LogP contribution in [0.2, 0.25) is 0 Å². The van der Waals surface area contributed by atoms with Gasteiger partial charge in [0.1, 0.15) is 5.82 Å². The van der Waals surface area contributed by atoms with Crippen molar-refractivity contribution in [3.63, 3.8) is 0 Å². The lowest BCUT2D eigenvalue weighted by atomic mass is 10.0. The van der Waals surface area contributed by atoms with Gasteiger partial charge in [-0.15, -0.1) is 34.2 Å². The topological polar surface area (TPSA) is 66.6 Å². The van der Waals surface area contributed by atoms with Gasteiger partial charge in [0, 0.05) is 26.2 Å². The summed E-state index contributed by atoms with van der Waals surface area (Å²) < 4.78 is 2.01. The molecule has 0 saturated carbocycles. The number of aliphatic imine (C=N–C) groups is 1. The maximum atomic E-state index is 4.35. The van der Waals surface area contributed by atoms with Gasteiger partial charge >= 0.3 is 0 Å². The molecule has 29 heavy (non-hydrogen) atoms. The maximum absolute atomic E-state index is 4.35. The molecule has 4 rings (SSSR count). The Morgan fingerprint density at radius 3 is 2.66 bits per heavy atom. The number of nitrogens with one attached hydrogen (secondary N) is 2. The number of pyridine rings is 1. The molecule has 0 saturated heterocycles. The third-order valence-electron chi connectivity index (χ3n) is 4.88. The van der Waals surface area contributed by atoms with Gasteiger partial charge < -0.3 is 10.6 Å². The van der Waals surface area contributed by atoms with Crippen LogP contribution < -0.4 is 10.6 Å². The molecule has 0 aliphatic carbocycles. The second-order valence-corrected chi connectivity index (χ2v) is 6.77. The highest BCUT2D eigenvalue weighted by Crippen LogP contribution is 2.20. The molecule has 2 aromatic heterocycles. The van der Waals surface area contributed by atoms with E-state index in [9.17, 15) is 0 Å². The van der Waals surface area contributed by atoms with E-state index < -0.39 is 0 Å². The molecule has 1 unspecified atom stereocenters. The number of rotatable bonds is 5. The third kappa shape index (κ3) is 4.84. The molecule has 0 aliphatic rings. The lowest BCUT2D eigenvalue weighted by Gasteiger charge is -2.18. The van der Waals surface area contributed by atoms with E-state index >= 15 is 0 Å². The summed E-state index contributed by atoms with van der Waals surface area (Å²) in [5.41, 5.74) is 2.09. The quantitative estimate of drug-likeness (QED) is 0.247. The van der Waals surface area contributed by atoms with Crippen molar-refractivity contribution < 1.29 is 0 Å². The minimum absolute atomic E-state index is 0. The second-order valence-electron chi connectivity index (χ2n) is 6.77. The predicted molar refractivity (Wildman–Crippen MR) is 129 cm³/mol. The van der Waals surface area contributed by atoms with Crippen LogP contribution in [0.3, 0.4) is 0 Å². The standard InChI is InChI=1S/C22H24N6.HI/c1-16(18-11-10-17-7-3-4-8-19(17)15-18)25-22(23-2)24-13-12-21-27-26-20-9-5-6-14-28(20)21;/h3-11,14-16H,12-13H2,1-2H3,(H2,23,24,25);1H. The van der Waals surface area contributed by atoms with Crippen LogP contribution in [0.4, 0.5) is 0 Å². The maximum Gasteiger partial charge on any atom is 0.191 e. The van der Waals surface area contributed by atoms with E-state index in [1.165, 1.54) is 16.3 Å². The number of hydrogen-bond donors (Lipinski definition) is 2. The van der Waals surface area contributed by atoms with Gasteiger partial charge in [-0.25, -0.2) is 0 Å². The van der Waals surface area contributed by atoms with Crippen molar-refractivity contribution in [2.45, 2.75) is 19.4 Å². The number of hydrogen-bond acceptors (Lipinski definition) is 3. The van der Waals surface area contributed by atoms with E-state index in [2.05, 4.69) is 75.2 Å². The first-order valence-corrected chi connectivity index (χ1v) is 9.49. The van der Waals surface area contributed by atoms with Crippen LogP contribution in [0.25, 0.3) is 16.4 Å². The molecule has 6 nitrogen and oxygen atoms in total. The molecule has 2 N–H and O–H groups in total. The van der Waals surface area contributed by atoms with E-state index in [0.29, 0.717) is 0 Å². The largest absolute Gasteiger partial charge is 0.356 e. The summed E-state index contributed by atoms with van der Waals surface area (Å²) in [4.78, 5) is 4.35. The molecular formula is C22H25IN6. The van der Waals surface area contributed by atoms with Gasteiger partial charge in [-0.2, -0.15) is 0 Å². The average Bonchev–Trinajstić information content (AvgIpc) is 3.15. The number of halogens is 1. The number of aromatic nitrogens is 3. The first kappa shape index (κ1) is 21.0. The van der Waals surface area contributed by atoms with Crippen molar-refractivity contribution >= 4 is 46.4 Å². The van der Waals surface area contributed by atoms with Crippen LogP contribution in [0.1, 0.15) is 24.4 Å². The Bertz CT molecular complexity index is 1120. The first-order chi connectivity index (χ1) is 13.7. The summed E-state index contributed by atoms with van der Waals surface area (Å²) in [5.74, 6) is 1.70. The van der Waals surface area contributed by atoms with Crippen molar-refractivity contribution in [1.82, 2.24) is 25.2 Å². The zero-order valence-corrected chi connectivity index (χ0v) is 18.9. The molecular weight excluding hydrogens is 475 g/mol. The Morgan fingerprint density at radius 2 is 1.83 bits per heavy atom. The molecule has 0 fully saturated rings. The van der Waals surface area contributed by atoms with Gasteiger partial charge in [-0.05, 0) is 41.5 Å². The highest BCUT2D eigenvalue weighted by Gasteiger charge is 2.09. The zero-order chi connectivity index (χ0) is 19.3.